The summed E-state index contributed by atoms with van der Waals surface area (Å²) in [5, 5.41) is 11.5. The smallest absolute Gasteiger partial charge is 0.225 e. The summed E-state index contributed by atoms with van der Waals surface area (Å²) in [7, 11) is 0. The van der Waals surface area contributed by atoms with Crippen molar-refractivity contribution in [1.82, 2.24) is 19.7 Å². The van der Waals surface area contributed by atoms with E-state index in [-0.39, 0.29) is 18.0 Å². The Hall–Kier alpha value is -2.67. The maximum Gasteiger partial charge on any atom is 0.225 e. The molecule has 3 aromatic rings. The summed E-state index contributed by atoms with van der Waals surface area (Å²) in [5.41, 5.74) is 9.62. The number of nitrogens with zero attached hydrogens (tertiary/aromatic N) is 4. The van der Waals surface area contributed by atoms with Crippen molar-refractivity contribution in [2.75, 3.05) is 17.2 Å². The highest BCUT2D eigenvalue weighted by Crippen LogP contribution is 2.32. The van der Waals surface area contributed by atoms with Gasteiger partial charge in [0.15, 0.2) is 5.82 Å². The number of rotatable bonds is 7. The van der Waals surface area contributed by atoms with E-state index < -0.39 is 0 Å². The van der Waals surface area contributed by atoms with Crippen LogP contribution in [0.5, 0.6) is 0 Å². The number of hydrogen-bond donors (Lipinski definition) is 3. The molecule has 4 N–H and O–H groups in total. The largest absolute Gasteiger partial charge is 0.353 e. The van der Waals surface area contributed by atoms with Crippen LogP contribution in [-0.2, 0) is 0 Å². The Bertz CT molecular complexity index is 898. The average molecular weight is 368 g/mol. The lowest BCUT2D eigenvalue weighted by molar-refractivity contribution is 0.539. The van der Waals surface area contributed by atoms with Gasteiger partial charge in [0, 0.05) is 24.3 Å². The maximum atomic E-state index is 5.89. The fourth-order valence-electron chi connectivity index (χ4n) is 2.90. The number of fused-ring (bicyclic) bond motifs is 1. The zero-order valence-corrected chi connectivity index (χ0v) is 16.7. The normalized spacial score (nSPS) is 12.7. The molecular weight excluding hydrogens is 338 g/mol. The van der Waals surface area contributed by atoms with Crippen molar-refractivity contribution in [2.45, 2.75) is 52.6 Å². The van der Waals surface area contributed by atoms with Gasteiger partial charge in [0.05, 0.1) is 5.69 Å². The quantitative estimate of drug-likeness (QED) is 0.584. The van der Waals surface area contributed by atoms with E-state index in [1.807, 2.05) is 41.9 Å². The molecule has 0 amide bonds. The van der Waals surface area contributed by atoms with Crippen LogP contribution in [0.15, 0.2) is 30.3 Å². The molecule has 1 aromatic carbocycles. The highest BCUT2D eigenvalue weighted by molar-refractivity contribution is 5.91. The summed E-state index contributed by atoms with van der Waals surface area (Å²) in [6.45, 7) is 11.1. The van der Waals surface area contributed by atoms with Crippen LogP contribution in [0.2, 0.25) is 0 Å². The van der Waals surface area contributed by atoms with Crippen LogP contribution in [0.1, 0.15) is 52.3 Å². The molecule has 2 aromatic heterocycles. The van der Waals surface area contributed by atoms with E-state index in [4.69, 9.17) is 20.8 Å². The molecule has 0 aliphatic carbocycles. The van der Waals surface area contributed by atoms with Crippen molar-refractivity contribution in [3.05, 3.63) is 36.0 Å². The molecular formula is C20H29N7. The highest BCUT2D eigenvalue weighted by Gasteiger charge is 2.22. The van der Waals surface area contributed by atoms with Crippen molar-refractivity contribution in [3.63, 3.8) is 0 Å². The van der Waals surface area contributed by atoms with Gasteiger partial charge in [-0.05, 0) is 38.8 Å². The Morgan fingerprint density at radius 3 is 2.33 bits per heavy atom. The van der Waals surface area contributed by atoms with Gasteiger partial charge < -0.3 is 16.4 Å². The van der Waals surface area contributed by atoms with Gasteiger partial charge in [-0.15, -0.1) is 0 Å². The second-order valence-corrected chi connectivity index (χ2v) is 7.52. The summed E-state index contributed by atoms with van der Waals surface area (Å²) in [6.07, 6.45) is 0. The van der Waals surface area contributed by atoms with Gasteiger partial charge in [0.2, 0.25) is 5.95 Å². The van der Waals surface area contributed by atoms with Crippen LogP contribution in [0, 0.1) is 0 Å². The highest BCUT2D eigenvalue weighted by atomic mass is 15.3. The Balaban J connectivity index is 2.18. The molecule has 0 saturated heterocycles. The fourth-order valence-corrected chi connectivity index (χ4v) is 2.90. The number of aromatic nitrogens is 4. The summed E-state index contributed by atoms with van der Waals surface area (Å²) < 4.78 is 2.01. The van der Waals surface area contributed by atoms with Crippen LogP contribution in [0.3, 0.4) is 0 Å². The standard InChI is InChI=1S/C20H29N7/c1-12(2)16-17-18(27(26-16)13(3)4)19(23-15-9-7-6-8-10-15)25-20(24-17)22-11-14(5)21/h6-10,12-14H,11,21H2,1-5H3,(H2,22,23,24,25). The Morgan fingerprint density at radius 2 is 1.74 bits per heavy atom. The molecule has 0 saturated carbocycles. The summed E-state index contributed by atoms with van der Waals surface area (Å²) in [6, 6.07) is 10.2. The minimum Gasteiger partial charge on any atom is -0.353 e. The number of para-hydroxylation sites is 1. The molecule has 0 spiro atoms. The van der Waals surface area contributed by atoms with Gasteiger partial charge >= 0.3 is 0 Å². The first-order valence-electron chi connectivity index (χ1n) is 9.48. The van der Waals surface area contributed by atoms with Crippen LogP contribution >= 0.6 is 0 Å². The average Bonchev–Trinajstić information content (AvgIpc) is 3.01. The first-order valence-corrected chi connectivity index (χ1v) is 9.48. The van der Waals surface area contributed by atoms with Crippen molar-refractivity contribution in [1.29, 1.82) is 0 Å². The third-order valence-corrected chi connectivity index (χ3v) is 4.23. The monoisotopic (exact) mass is 367 g/mol. The lowest BCUT2D eigenvalue weighted by Crippen LogP contribution is -2.26. The van der Waals surface area contributed by atoms with Gasteiger partial charge in [-0.3, -0.25) is 4.68 Å². The molecule has 1 atom stereocenters. The first-order chi connectivity index (χ1) is 12.9. The topological polar surface area (TPSA) is 93.7 Å². The molecule has 3 rings (SSSR count). The van der Waals surface area contributed by atoms with Gasteiger partial charge in [-0.25, -0.2) is 4.98 Å². The van der Waals surface area contributed by atoms with Crippen molar-refractivity contribution in [3.8, 4) is 0 Å². The van der Waals surface area contributed by atoms with E-state index >= 15 is 0 Å². The van der Waals surface area contributed by atoms with Gasteiger partial charge in [0.25, 0.3) is 0 Å². The first kappa shape index (κ1) is 19.1. The van der Waals surface area contributed by atoms with Crippen molar-refractivity contribution >= 4 is 28.5 Å². The zero-order chi connectivity index (χ0) is 19.6. The van der Waals surface area contributed by atoms with Crippen LogP contribution in [0.4, 0.5) is 17.5 Å². The number of nitrogens with one attached hydrogen (secondary N) is 2. The van der Waals surface area contributed by atoms with E-state index in [1.165, 1.54) is 0 Å². The van der Waals surface area contributed by atoms with Crippen molar-refractivity contribution in [2.24, 2.45) is 5.73 Å². The van der Waals surface area contributed by atoms with Gasteiger partial charge in [0.1, 0.15) is 11.0 Å². The van der Waals surface area contributed by atoms with E-state index in [9.17, 15) is 0 Å². The molecule has 0 aliphatic rings. The Morgan fingerprint density at radius 1 is 1.04 bits per heavy atom. The molecule has 0 fully saturated rings. The molecule has 144 valence electrons. The lowest BCUT2D eigenvalue weighted by atomic mass is 10.1. The predicted molar refractivity (Wildman–Crippen MR) is 112 cm³/mol. The van der Waals surface area contributed by atoms with Gasteiger partial charge in [-0.1, -0.05) is 32.0 Å². The van der Waals surface area contributed by atoms with E-state index in [0.717, 1.165) is 28.2 Å². The second kappa shape index (κ2) is 7.92. The lowest BCUT2D eigenvalue weighted by Gasteiger charge is -2.14. The molecule has 0 aliphatic heterocycles. The third-order valence-electron chi connectivity index (χ3n) is 4.23. The number of anilines is 3. The summed E-state index contributed by atoms with van der Waals surface area (Å²) >= 11 is 0. The number of nitrogens with two attached hydrogens (primary N) is 1. The predicted octanol–water partition coefficient (Wildman–Crippen LogP) is 4.03. The molecule has 0 bridgehead atoms. The van der Waals surface area contributed by atoms with Crippen LogP contribution in [0.25, 0.3) is 11.0 Å². The molecule has 2 heterocycles. The minimum absolute atomic E-state index is 0.0118. The minimum atomic E-state index is 0.0118. The SMILES string of the molecule is CC(N)CNc1nc(Nc2ccccc2)c2c(n1)c(C(C)C)nn2C(C)C. The Kier molecular flexibility index (Phi) is 5.60. The van der Waals surface area contributed by atoms with E-state index in [2.05, 4.69) is 38.3 Å². The summed E-state index contributed by atoms with van der Waals surface area (Å²) in [5.74, 6) is 1.56. The third kappa shape index (κ3) is 4.19. The molecule has 1 unspecified atom stereocenters. The maximum absolute atomic E-state index is 5.89. The fraction of sp³-hybridized carbons (Fsp3) is 0.450. The molecule has 7 nitrogen and oxygen atoms in total. The van der Waals surface area contributed by atoms with Gasteiger partial charge in [-0.2, -0.15) is 10.1 Å². The molecule has 0 radical (unpaired) electrons. The van der Waals surface area contributed by atoms with Crippen LogP contribution < -0.4 is 16.4 Å². The molecule has 27 heavy (non-hydrogen) atoms. The second-order valence-electron chi connectivity index (χ2n) is 7.52. The number of benzene rings is 1. The van der Waals surface area contributed by atoms with Crippen molar-refractivity contribution < 1.29 is 0 Å². The Labute approximate surface area is 160 Å². The van der Waals surface area contributed by atoms with E-state index in [1.54, 1.807) is 0 Å². The van der Waals surface area contributed by atoms with Crippen LogP contribution in [-0.4, -0.2) is 32.3 Å². The number of hydrogen-bond acceptors (Lipinski definition) is 6. The van der Waals surface area contributed by atoms with E-state index in [0.29, 0.717) is 12.5 Å². The molecule has 7 heteroatoms. The zero-order valence-electron chi connectivity index (χ0n) is 16.7. The summed E-state index contributed by atoms with van der Waals surface area (Å²) in [4.78, 5) is 9.51.